The summed E-state index contributed by atoms with van der Waals surface area (Å²) in [7, 11) is 0. The molecule has 0 bridgehead atoms. The molecule has 0 radical (unpaired) electrons. The molecule has 0 spiro atoms. The van der Waals surface area contributed by atoms with E-state index in [0.717, 1.165) is 12.6 Å². The van der Waals surface area contributed by atoms with Gasteiger partial charge in [-0.3, -0.25) is 0 Å². The molecule has 3 heterocycles. The fourth-order valence-corrected chi connectivity index (χ4v) is 3.44. The molecule has 0 aliphatic carbocycles. The normalized spacial score (nSPS) is 30.5. The fourth-order valence-electron chi connectivity index (χ4n) is 3.44. The number of likely N-dealkylation sites (tertiary alicyclic amines) is 1. The van der Waals surface area contributed by atoms with Crippen molar-refractivity contribution in [3.8, 4) is 0 Å². The second-order valence-electron chi connectivity index (χ2n) is 5.69. The third kappa shape index (κ3) is 2.45. The molecule has 100 valence electrons. The van der Waals surface area contributed by atoms with Crippen molar-refractivity contribution in [2.45, 2.75) is 51.1 Å². The Kier molecular flexibility index (Phi) is 3.66. The Hall–Kier alpha value is -0.870. The van der Waals surface area contributed by atoms with Crippen LogP contribution in [0.4, 0.5) is 0 Å². The zero-order chi connectivity index (χ0) is 12.4. The van der Waals surface area contributed by atoms with Crippen molar-refractivity contribution in [1.29, 1.82) is 0 Å². The van der Waals surface area contributed by atoms with Crippen molar-refractivity contribution in [3.63, 3.8) is 0 Å². The number of aryl methyl sites for hydroxylation is 1. The number of nitrogens with one attached hydrogen (secondary N) is 2. The van der Waals surface area contributed by atoms with Crippen LogP contribution in [0.5, 0.6) is 0 Å². The molecule has 4 heteroatoms. The van der Waals surface area contributed by atoms with Crippen LogP contribution >= 0.6 is 0 Å². The van der Waals surface area contributed by atoms with E-state index in [1.165, 1.54) is 56.6 Å². The van der Waals surface area contributed by atoms with Crippen LogP contribution in [-0.4, -0.2) is 40.5 Å². The molecule has 1 aromatic heterocycles. The second-order valence-corrected chi connectivity index (χ2v) is 5.69. The molecule has 3 rings (SSSR count). The van der Waals surface area contributed by atoms with E-state index in [9.17, 15) is 0 Å². The molecule has 0 amide bonds. The molecule has 0 saturated carbocycles. The minimum absolute atomic E-state index is 0.442. The van der Waals surface area contributed by atoms with Crippen LogP contribution < -0.4 is 5.32 Å². The number of aromatic amines is 1. The summed E-state index contributed by atoms with van der Waals surface area (Å²) in [5.74, 6) is 0. The van der Waals surface area contributed by atoms with Crippen molar-refractivity contribution in [1.82, 2.24) is 20.2 Å². The number of imidazole rings is 1. The van der Waals surface area contributed by atoms with Gasteiger partial charge in [-0.1, -0.05) is 6.42 Å². The first-order valence-corrected chi connectivity index (χ1v) is 7.32. The third-order valence-corrected chi connectivity index (χ3v) is 4.48. The molecule has 2 N–H and O–H groups in total. The van der Waals surface area contributed by atoms with Gasteiger partial charge < -0.3 is 15.2 Å². The van der Waals surface area contributed by atoms with Gasteiger partial charge in [-0.2, -0.15) is 0 Å². The lowest BCUT2D eigenvalue weighted by Gasteiger charge is -2.39. The van der Waals surface area contributed by atoms with Gasteiger partial charge in [0.25, 0.3) is 0 Å². The highest BCUT2D eigenvalue weighted by Crippen LogP contribution is 2.28. The lowest BCUT2D eigenvalue weighted by atomic mass is 9.93. The number of hydrogen-bond acceptors (Lipinski definition) is 3. The number of piperidine rings is 2. The number of rotatable bonds is 2. The molecule has 4 nitrogen and oxygen atoms in total. The third-order valence-electron chi connectivity index (χ3n) is 4.48. The average molecular weight is 248 g/mol. The Bertz CT molecular complexity index is 381. The van der Waals surface area contributed by atoms with E-state index < -0.39 is 0 Å². The van der Waals surface area contributed by atoms with Crippen LogP contribution in [0.25, 0.3) is 0 Å². The molecule has 2 saturated heterocycles. The first-order valence-electron chi connectivity index (χ1n) is 7.32. The topological polar surface area (TPSA) is 44.0 Å². The maximum atomic E-state index is 4.48. The Morgan fingerprint density at radius 1 is 1.28 bits per heavy atom. The lowest BCUT2D eigenvalue weighted by Crippen LogP contribution is -2.46. The van der Waals surface area contributed by atoms with Crippen LogP contribution in [0.2, 0.25) is 0 Å². The molecular weight excluding hydrogens is 224 g/mol. The monoisotopic (exact) mass is 248 g/mol. The summed E-state index contributed by atoms with van der Waals surface area (Å²) in [5, 5.41) is 3.62. The summed E-state index contributed by atoms with van der Waals surface area (Å²) in [5.41, 5.74) is 2.43. The van der Waals surface area contributed by atoms with E-state index in [0.29, 0.717) is 6.04 Å². The Morgan fingerprint density at radius 2 is 2.11 bits per heavy atom. The highest BCUT2D eigenvalue weighted by molar-refractivity contribution is 5.15. The summed E-state index contributed by atoms with van der Waals surface area (Å²) >= 11 is 0. The number of hydrogen-bond donors (Lipinski definition) is 2. The molecule has 2 unspecified atom stereocenters. The van der Waals surface area contributed by atoms with Crippen molar-refractivity contribution in [2.24, 2.45) is 0 Å². The van der Waals surface area contributed by atoms with Gasteiger partial charge in [-0.15, -0.1) is 0 Å². The van der Waals surface area contributed by atoms with E-state index in [4.69, 9.17) is 0 Å². The minimum atomic E-state index is 0.442. The van der Waals surface area contributed by atoms with Crippen LogP contribution in [0.1, 0.15) is 49.5 Å². The average Bonchev–Trinajstić information content (AvgIpc) is 2.86. The van der Waals surface area contributed by atoms with E-state index >= 15 is 0 Å². The molecule has 2 fully saturated rings. The standard InChI is InChI=1S/C14H24N4/c1-11-14(17-10-16-11)13-9-12(5-6-15-13)18-7-3-2-4-8-18/h10,12-13,15H,2-9H2,1H3,(H,16,17). The van der Waals surface area contributed by atoms with E-state index in [1.54, 1.807) is 0 Å². The first kappa shape index (κ1) is 12.2. The van der Waals surface area contributed by atoms with Gasteiger partial charge in [-0.25, -0.2) is 4.98 Å². The number of nitrogens with zero attached hydrogens (tertiary/aromatic N) is 2. The van der Waals surface area contributed by atoms with Crippen LogP contribution in [0.15, 0.2) is 6.33 Å². The SMILES string of the molecule is Cc1[nH]cnc1C1CC(N2CCCCC2)CCN1. The van der Waals surface area contributed by atoms with E-state index in [2.05, 4.69) is 27.1 Å². The van der Waals surface area contributed by atoms with Gasteiger partial charge in [-0.05, 0) is 52.2 Å². The smallest absolute Gasteiger partial charge is 0.0925 e. The quantitative estimate of drug-likeness (QED) is 0.841. The molecule has 18 heavy (non-hydrogen) atoms. The summed E-state index contributed by atoms with van der Waals surface area (Å²) in [6.45, 7) is 5.85. The van der Waals surface area contributed by atoms with Gasteiger partial charge in [0.1, 0.15) is 0 Å². The van der Waals surface area contributed by atoms with Crippen molar-refractivity contribution >= 4 is 0 Å². The summed E-state index contributed by atoms with van der Waals surface area (Å²) in [4.78, 5) is 10.4. The van der Waals surface area contributed by atoms with Gasteiger partial charge in [0.15, 0.2) is 0 Å². The van der Waals surface area contributed by atoms with Crippen molar-refractivity contribution in [3.05, 3.63) is 17.7 Å². The molecule has 2 atom stereocenters. The highest BCUT2D eigenvalue weighted by Gasteiger charge is 2.29. The highest BCUT2D eigenvalue weighted by atomic mass is 15.2. The number of H-pyrrole nitrogens is 1. The summed E-state index contributed by atoms with van der Waals surface area (Å²) in [6.07, 6.45) is 8.51. The maximum absolute atomic E-state index is 4.48. The van der Waals surface area contributed by atoms with Crippen molar-refractivity contribution in [2.75, 3.05) is 19.6 Å². The van der Waals surface area contributed by atoms with Crippen LogP contribution in [-0.2, 0) is 0 Å². The molecular formula is C14H24N4. The number of aromatic nitrogens is 2. The van der Waals surface area contributed by atoms with Crippen molar-refractivity contribution < 1.29 is 0 Å². The summed E-state index contributed by atoms with van der Waals surface area (Å²) < 4.78 is 0. The summed E-state index contributed by atoms with van der Waals surface area (Å²) in [6, 6.07) is 1.20. The van der Waals surface area contributed by atoms with Crippen LogP contribution in [0.3, 0.4) is 0 Å². The molecule has 1 aromatic rings. The minimum Gasteiger partial charge on any atom is -0.348 e. The van der Waals surface area contributed by atoms with Crippen LogP contribution in [0, 0.1) is 6.92 Å². The zero-order valence-corrected chi connectivity index (χ0v) is 11.3. The van der Waals surface area contributed by atoms with Gasteiger partial charge in [0.05, 0.1) is 18.1 Å². The lowest BCUT2D eigenvalue weighted by molar-refractivity contribution is 0.120. The molecule has 2 aliphatic rings. The fraction of sp³-hybridized carbons (Fsp3) is 0.786. The molecule has 2 aliphatic heterocycles. The second kappa shape index (κ2) is 5.41. The predicted molar refractivity (Wildman–Crippen MR) is 72.5 cm³/mol. The first-order chi connectivity index (χ1) is 8.84. The van der Waals surface area contributed by atoms with Gasteiger partial charge >= 0.3 is 0 Å². The van der Waals surface area contributed by atoms with E-state index in [1.807, 2.05) is 6.33 Å². The Balaban J connectivity index is 1.66. The predicted octanol–water partition coefficient (Wildman–Crippen LogP) is 2.00. The molecule has 0 aromatic carbocycles. The van der Waals surface area contributed by atoms with Gasteiger partial charge in [0, 0.05) is 11.7 Å². The zero-order valence-electron chi connectivity index (χ0n) is 11.3. The largest absolute Gasteiger partial charge is 0.348 e. The maximum Gasteiger partial charge on any atom is 0.0925 e. The Labute approximate surface area is 109 Å². The van der Waals surface area contributed by atoms with E-state index in [-0.39, 0.29) is 0 Å². The Morgan fingerprint density at radius 3 is 2.83 bits per heavy atom. The van der Waals surface area contributed by atoms with Gasteiger partial charge in [0.2, 0.25) is 0 Å².